The fourth-order valence-electron chi connectivity index (χ4n) is 1.09. The van der Waals surface area contributed by atoms with Gasteiger partial charge in [0.25, 0.3) is 0 Å². The lowest BCUT2D eigenvalue weighted by atomic mass is 10.1. The van der Waals surface area contributed by atoms with Crippen LogP contribution < -0.4 is 5.73 Å². The first-order valence-corrected chi connectivity index (χ1v) is 5.59. The van der Waals surface area contributed by atoms with E-state index in [0.717, 1.165) is 13.5 Å². The van der Waals surface area contributed by atoms with Gasteiger partial charge in [0, 0.05) is 13.2 Å². The highest BCUT2D eigenvalue weighted by Gasteiger charge is 2.00. The number of hydrogen-bond donors (Lipinski definition) is 3. The van der Waals surface area contributed by atoms with Crippen molar-refractivity contribution < 1.29 is 10.2 Å². The van der Waals surface area contributed by atoms with E-state index < -0.39 is 0 Å². The fourth-order valence-corrected chi connectivity index (χ4v) is 1.09. The second-order valence-corrected chi connectivity index (χ2v) is 3.13. The van der Waals surface area contributed by atoms with Crippen LogP contribution in [0.25, 0.3) is 0 Å². The van der Waals surface area contributed by atoms with E-state index in [1.54, 1.807) is 0 Å². The summed E-state index contributed by atoms with van der Waals surface area (Å²) in [5, 5.41) is 15.7. The molecular weight excluding hydrogens is 202 g/mol. The molecule has 4 N–H and O–H groups in total. The lowest BCUT2D eigenvalue weighted by Gasteiger charge is -2.07. The lowest BCUT2D eigenvalue weighted by molar-refractivity contribution is 0.265. The number of aliphatic hydroxyl groups is 2. The number of aliphatic hydroxyl groups excluding tert-OH is 2. The van der Waals surface area contributed by atoms with Crippen molar-refractivity contribution in [3.8, 4) is 0 Å². The summed E-state index contributed by atoms with van der Waals surface area (Å²) in [6, 6.07) is 8.07. The van der Waals surface area contributed by atoms with Crippen LogP contribution in [0.4, 0.5) is 0 Å². The maximum atomic E-state index is 8.73. The largest absolute Gasteiger partial charge is 0.400 e. The van der Waals surface area contributed by atoms with Crippen molar-refractivity contribution in [3.63, 3.8) is 0 Å². The number of hydrogen-bond acceptors (Lipinski definition) is 3. The van der Waals surface area contributed by atoms with Crippen molar-refractivity contribution in [1.29, 1.82) is 0 Å². The highest BCUT2D eigenvalue weighted by atomic mass is 16.3. The Morgan fingerprint density at radius 1 is 1.12 bits per heavy atom. The second-order valence-electron chi connectivity index (χ2n) is 3.13. The Labute approximate surface area is 98.9 Å². The van der Waals surface area contributed by atoms with Gasteiger partial charge in [-0.15, -0.1) is 0 Å². The minimum absolute atomic E-state index is 0.0495. The zero-order valence-electron chi connectivity index (χ0n) is 10.8. The van der Waals surface area contributed by atoms with Gasteiger partial charge in [0.05, 0.1) is 6.61 Å². The highest BCUT2D eigenvalue weighted by molar-refractivity contribution is 5.21. The second kappa shape index (κ2) is 12.2. The Morgan fingerprint density at radius 2 is 1.56 bits per heavy atom. The Kier molecular flexibility index (Phi) is 13.3. The molecule has 0 radical (unpaired) electrons. The van der Waals surface area contributed by atoms with Crippen LogP contribution in [-0.2, 0) is 6.42 Å². The Balaban J connectivity index is 0. The van der Waals surface area contributed by atoms with Crippen molar-refractivity contribution in [2.45, 2.75) is 33.2 Å². The average molecular weight is 227 g/mol. The Morgan fingerprint density at radius 3 is 1.94 bits per heavy atom. The third-order valence-electron chi connectivity index (χ3n) is 1.85. The van der Waals surface area contributed by atoms with Crippen LogP contribution >= 0.6 is 0 Å². The molecule has 0 aliphatic rings. The average Bonchev–Trinajstić information content (AvgIpc) is 2.37. The van der Waals surface area contributed by atoms with Crippen molar-refractivity contribution in [2.75, 3.05) is 13.7 Å². The van der Waals surface area contributed by atoms with Crippen LogP contribution in [0, 0.1) is 6.92 Å². The predicted molar refractivity (Wildman–Crippen MR) is 69.4 cm³/mol. The van der Waals surface area contributed by atoms with Crippen LogP contribution in [-0.4, -0.2) is 30.0 Å². The van der Waals surface area contributed by atoms with Gasteiger partial charge in [0.2, 0.25) is 0 Å². The van der Waals surface area contributed by atoms with Gasteiger partial charge in [-0.2, -0.15) is 0 Å². The normalized spacial score (nSPS) is 10.4. The minimum Gasteiger partial charge on any atom is -0.400 e. The summed E-state index contributed by atoms with van der Waals surface area (Å²) >= 11 is 0. The maximum Gasteiger partial charge on any atom is 0.0585 e. The van der Waals surface area contributed by atoms with Gasteiger partial charge >= 0.3 is 0 Å². The van der Waals surface area contributed by atoms with Crippen molar-refractivity contribution in [2.24, 2.45) is 5.73 Å². The first-order valence-electron chi connectivity index (χ1n) is 5.59. The zero-order chi connectivity index (χ0) is 13.0. The molecule has 0 spiro atoms. The topological polar surface area (TPSA) is 66.5 Å². The Bertz CT molecular complexity index is 234. The van der Waals surface area contributed by atoms with Crippen molar-refractivity contribution in [1.82, 2.24) is 0 Å². The van der Waals surface area contributed by atoms with E-state index in [1.165, 1.54) is 11.1 Å². The van der Waals surface area contributed by atoms with Crippen molar-refractivity contribution >= 4 is 0 Å². The van der Waals surface area contributed by atoms with E-state index in [1.807, 2.05) is 26.0 Å². The SMILES string of the molecule is CC.CO.Cc1ccc(C[C@H](N)CO)cc1. The summed E-state index contributed by atoms with van der Waals surface area (Å²) < 4.78 is 0. The molecule has 16 heavy (non-hydrogen) atoms. The quantitative estimate of drug-likeness (QED) is 0.733. The monoisotopic (exact) mass is 227 g/mol. The molecule has 0 amide bonds. The van der Waals surface area contributed by atoms with Crippen LogP contribution in [0.15, 0.2) is 24.3 Å². The molecule has 3 heteroatoms. The van der Waals surface area contributed by atoms with Crippen molar-refractivity contribution in [3.05, 3.63) is 35.4 Å². The summed E-state index contributed by atoms with van der Waals surface area (Å²) in [4.78, 5) is 0. The molecule has 0 bridgehead atoms. The van der Waals surface area contributed by atoms with Gasteiger partial charge in [-0.3, -0.25) is 0 Å². The zero-order valence-corrected chi connectivity index (χ0v) is 10.8. The van der Waals surface area contributed by atoms with Crippen LogP contribution in [0.2, 0.25) is 0 Å². The maximum absolute atomic E-state index is 8.73. The molecule has 0 saturated carbocycles. The molecule has 0 aliphatic heterocycles. The molecule has 0 aromatic heterocycles. The van der Waals surface area contributed by atoms with E-state index in [-0.39, 0.29) is 12.6 Å². The lowest BCUT2D eigenvalue weighted by Crippen LogP contribution is -2.26. The first-order chi connectivity index (χ1) is 7.72. The summed E-state index contributed by atoms with van der Waals surface area (Å²) in [7, 11) is 1.00. The van der Waals surface area contributed by atoms with Gasteiger partial charge in [0.1, 0.15) is 0 Å². The molecule has 0 heterocycles. The molecule has 1 aromatic carbocycles. The van der Waals surface area contributed by atoms with Crippen LogP contribution in [0.5, 0.6) is 0 Å². The number of benzene rings is 1. The molecule has 0 saturated heterocycles. The van der Waals surface area contributed by atoms with Gasteiger partial charge < -0.3 is 15.9 Å². The van der Waals surface area contributed by atoms with Gasteiger partial charge in [-0.25, -0.2) is 0 Å². The first kappa shape index (κ1) is 17.5. The molecular formula is C13H25NO2. The Hall–Kier alpha value is -0.900. The molecule has 1 atom stereocenters. The smallest absolute Gasteiger partial charge is 0.0585 e. The number of aryl methyl sites for hydroxylation is 1. The van der Waals surface area contributed by atoms with Crippen LogP contribution in [0.1, 0.15) is 25.0 Å². The van der Waals surface area contributed by atoms with Gasteiger partial charge in [-0.05, 0) is 18.9 Å². The third kappa shape index (κ3) is 8.41. The van der Waals surface area contributed by atoms with Gasteiger partial charge in [0.15, 0.2) is 0 Å². The minimum atomic E-state index is -0.132. The van der Waals surface area contributed by atoms with E-state index in [9.17, 15) is 0 Å². The third-order valence-corrected chi connectivity index (χ3v) is 1.85. The van der Waals surface area contributed by atoms with Crippen LogP contribution in [0.3, 0.4) is 0 Å². The van der Waals surface area contributed by atoms with E-state index >= 15 is 0 Å². The summed E-state index contributed by atoms with van der Waals surface area (Å²) in [6.07, 6.45) is 0.747. The highest BCUT2D eigenvalue weighted by Crippen LogP contribution is 2.04. The molecule has 1 rings (SSSR count). The molecule has 94 valence electrons. The summed E-state index contributed by atoms with van der Waals surface area (Å²) in [5.74, 6) is 0. The number of rotatable bonds is 3. The standard InChI is InChI=1S/C10H15NO.C2H6.CH4O/c1-8-2-4-9(5-3-8)6-10(11)7-12;2*1-2/h2-5,10,12H,6-7,11H2,1H3;1-2H3;2H,1H3/t10-;;/m0../s1. The molecule has 3 nitrogen and oxygen atoms in total. The van der Waals surface area contributed by atoms with E-state index in [0.29, 0.717) is 0 Å². The number of nitrogens with two attached hydrogens (primary N) is 1. The molecule has 0 fully saturated rings. The van der Waals surface area contributed by atoms with Gasteiger partial charge in [-0.1, -0.05) is 43.7 Å². The molecule has 1 aromatic rings. The predicted octanol–water partition coefficient (Wildman–Crippen LogP) is 1.49. The molecule has 0 aliphatic carbocycles. The summed E-state index contributed by atoms with van der Waals surface area (Å²) in [5.41, 5.74) is 8.02. The van der Waals surface area contributed by atoms with E-state index in [2.05, 4.69) is 19.1 Å². The summed E-state index contributed by atoms with van der Waals surface area (Å²) in [6.45, 7) is 6.10. The molecule has 0 unspecified atom stereocenters. The fraction of sp³-hybridized carbons (Fsp3) is 0.538. The van der Waals surface area contributed by atoms with E-state index in [4.69, 9.17) is 15.9 Å².